The molecule has 0 saturated carbocycles. The monoisotopic (exact) mass is 204 g/mol. The van der Waals surface area contributed by atoms with E-state index in [4.69, 9.17) is 19.3 Å². The van der Waals surface area contributed by atoms with Gasteiger partial charge in [0.05, 0.1) is 31.5 Å². The molecule has 4 heteroatoms. The van der Waals surface area contributed by atoms with E-state index >= 15 is 0 Å². The summed E-state index contributed by atoms with van der Waals surface area (Å²) in [6.45, 7) is 6.94. The lowest BCUT2D eigenvalue weighted by molar-refractivity contribution is -0.287. The van der Waals surface area contributed by atoms with Crippen LogP contribution in [0.25, 0.3) is 0 Å². The van der Waals surface area contributed by atoms with Crippen LogP contribution in [0.4, 0.5) is 0 Å². The normalized spacial score (nSPS) is 28.7. The Balaban J connectivity index is 2.37. The first-order chi connectivity index (χ1) is 6.57. The summed E-state index contributed by atoms with van der Waals surface area (Å²) < 4.78 is 16.5. The molecule has 2 unspecified atom stereocenters. The Labute approximate surface area is 85.2 Å². The molecule has 1 heterocycles. The van der Waals surface area contributed by atoms with Gasteiger partial charge in [-0.25, -0.2) is 0 Å². The molecule has 0 spiro atoms. The van der Waals surface area contributed by atoms with Crippen LogP contribution >= 0.6 is 0 Å². The second-order valence-corrected chi connectivity index (χ2v) is 4.17. The lowest BCUT2D eigenvalue weighted by atomic mass is 10.1. The van der Waals surface area contributed by atoms with Gasteiger partial charge in [0, 0.05) is 0 Å². The quantitative estimate of drug-likeness (QED) is 0.740. The van der Waals surface area contributed by atoms with E-state index in [0.717, 1.165) is 6.42 Å². The molecular weight excluding hydrogens is 184 g/mol. The molecule has 0 aromatic rings. The van der Waals surface area contributed by atoms with Crippen molar-refractivity contribution in [2.24, 2.45) is 0 Å². The van der Waals surface area contributed by atoms with Crippen molar-refractivity contribution in [2.45, 2.75) is 45.2 Å². The van der Waals surface area contributed by atoms with Crippen LogP contribution in [0.5, 0.6) is 0 Å². The fourth-order valence-corrected chi connectivity index (χ4v) is 1.37. The topological polar surface area (TPSA) is 47.9 Å². The van der Waals surface area contributed by atoms with Crippen LogP contribution in [0.1, 0.15) is 27.2 Å². The Morgan fingerprint density at radius 2 is 2.29 bits per heavy atom. The van der Waals surface area contributed by atoms with E-state index in [0.29, 0.717) is 13.2 Å². The molecule has 0 radical (unpaired) electrons. The zero-order valence-electron chi connectivity index (χ0n) is 9.16. The molecular formula is C10H20O4. The number of aliphatic hydroxyl groups is 1. The summed E-state index contributed by atoms with van der Waals surface area (Å²) in [6, 6.07) is 0. The van der Waals surface area contributed by atoms with Crippen LogP contribution in [0.15, 0.2) is 0 Å². The maximum atomic E-state index is 8.97. The summed E-state index contributed by atoms with van der Waals surface area (Å²) in [4.78, 5) is 0. The van der Waals surface area contributed by atoms with E-state index in [1.54, 1.807) is 0 Å². The minimum absolute atomic E-state index is 0.0246. The lowest BCUT2D eigenvalue weighted by Gasteiger charge is -2.36. The molecule has 1 aliphatic rings. The Morgan fingerprint density at radius 3 is 2.79 bits per heavy atom. The van der Waals surface area contributed by atoms with Gasteiger partial charge in [0.25, 0.3) is 0 Å². The number of ether oxygens (including phenoxy) is 3. The highest BCUT2D eigenvalue weighted by Gasteiger charge is 2.31. The third-order valence-corrected chi connectivity index (χ3v) is 2.16. The highest BCUT2D eigenvalue weighted by molar-refractivity contribution is 4.72. The molecule has 84 valence electrons. The molecule has 2 atom stereocenters. The molecule has 1 saturated heterocycles. The molecule has 14 heavy (non-hydrogen) atoms. The van der Waals surface area contributed by atoms with Crippen LogP contribution in [0.3, 0.4) is 0 Å². The first kappa shape index (κ1) is 11.9. The zero-order chi connectivity index (χ0) is 10.6. The molecule has 0 aromatic heterocycles. The van der Waals surface area contributed by atoms with Crippen LogP contribution < -0.4 is 0 Å². The minimum Gasteiger partial charge on any atom is -0.394 e. The van der Waals surface area contributed by atoms with E-state index in [-0.39, 0.29) is 24.6 Å². The van der Waals surface area contributed by atoms with Crippen molar-refractivity contribution in [1.29, 1.82) is 0 Å². The van der Waals surface area contributed by atoms with Gasteiger partial charge in [-0.1, -0.05) is 6.92 Å². The first-order valence-corrected chi connectivity index (χ1v) is 5.09. The van der Waals surface area contributed by atoms with Gasteiger partial charge in [-0.15, -0.1) is 0 Å². The Hall–Kier alpha value is -0.160. The fourth-order valence-electron chi connectivity index (χ4n) is 1.37. The van der Waals surface area contributed by atoms with Crippen molar-refractivity contribution in [3.63, 3.8) is 0 Å². The van der Waals surface area contributed by atoms with Gasteiger partial charge in [-0.05, 0) is 20.3 Å². The zero-order valence-corrected chi connectivity index (χ0v) is 9.16. The standard InChI is InChI=1S/C10H20O4/c1-4-8(5-11)13-9-6-12-7-10(2,3)14-9/h8-9,11H,4-7H2,1-3H3. The maximum absolute atomic E-state index is 8.97. The number of rotatable bonds is 4. The third-order valence-electron chi connectivity index (χ3n) is 2.16. The summed E-state index contributed by atoms with van der Waals surface area (Å²) in [5.74, 6) is 0. The van der Waals surface area contributed by atoms with Gasteiger partial charge in [-0.3, -0.25) is 0 Å². The van der Waals surface area contributed by atoms with E-state index < -0.39 is 0 Å². The summed E-state index contributed by atoms with van der Waals surface area (Å²) in [6.07, 6.45) is 0.268. The summed E-state index contributed by atoms with van der Waals surface area (Å²) >= 11 is 0. The van der Waals surface area contributed by atoms with Crippen molar-refractivity contribution >= 4 is 0 Å². The number of aliphatic hydroxyl groups excluding tert-OH is 1. The predicted molar refractivity (Wildman–Crippen MR) is 52.0 cm³/mol. The third kappa shape index (κ3) is 3.53. The SMILES string of the molecule is CCC(CO)OC1COCC(C)(C)O1. The molecule has 1 N–H and O–H groups in total. The molecule has 0 aliphatic carbocycles. The molecule has 1 fully saturated rings. The van der Waals surface area contributed by atoms with Gasteiger partial charge in [0.15, 0.2) is 6.29 Å². The van der Waals surface area contributed by atoms with Crippen molar-refractivity contribution in [2.75, 3.05) is 19.8 Å². The maximum Gasteiger partial charge on any atom is 0.182 e. The van der Waals surface area contributed by atoms with Gasteiger partial charge >= 0.3 is 0 Å². The minimum atomic E-state index is -0.351. The summed E-state index contributed by atoms with van der Waals surface area (Å²) in [7, 11) is 0. The Kier molecular flexibility index (Phi) is 4.31. The van der Waals surface area contributed by atoms with Crippen LogP contribution in [-0.2, 0) is 14.2 Å². The van der Waals surface area contributed by atoms with E-state index in [9.17, 15) is 0 Å². The second-order valence-electron chi connectivity index (χ2n) is 4.17. The molecule has 1 rings (SSSR count). The Bertz CT molecular complexity index is 166. The molecule has 4 nitrogen and oxygen atoms in total. The average Bonchev–Trinajstić information content (AvgIpc) is 2.12. The largest absolute Gasteiger partial charge is 0.394 e. The number of hydrogen-bond acceptors (Lipinski definition) is 4. The van der Waals surface area contributed by atoms with Gasteiger partial charge in [0.2, 0.25) is 0 Å². The van der Waals surface area contributed by atoms with Crippen molar-refractivity contribution < 1.29 is 19.3 Å². The molecule has 0 amide bonds. The summed E-state index contributed by atoms with van der Waals surface area (Å²) in [5.41, 5.74) is -0.295. The second kappa shape index (κ2) is 5.07. The molecule has 0 aromatic carbocycles. The predicted octanol–water partition coefficient (Wildman–Crippen LogP) is 0.925. The van der Waals surface area contributed by atoms with Crippen LogP contribution in [-0.4, -0.2) is 42.9 Å². The van der Waals surface area contributed by atoms with E-state index in [1.807, 2.05) is 20.8 Å². The van der Waals surface area contributed by atoms with Gasteiger partial charge in [0.1, 0.15) is 0 Å². The number of hydrogen-bond donors (Lipinski definition) is 1. The van der Waals surface area contributed by atoms with Gasteiger partial charge in [-0.2, -0.15) is 0 Å². The summed E-state index contributed by atoms with van der Waals surface area (Å²) in [5, 5.41) is 8.97. The van der Waals surface area contributed by atoms with E-state index in [2.05, 4.69) is 0 Å². The van der Waals surface area contributed by atoms with Crippen LogP contribution in [0.2, 0.25) is 0 Å². The van der Waals surface area contributed by atoms with Crippen molar-refractivity contribution in [1.82, 2.24) is 0 Å². The molecule has 1 aliphatic heterocycles. The smallest absolute Gasteiger partial charge is 0.182 e. The van der Waals surface area contributed by atoms with Crippen LogP contribution in [0, 0.1) is 0 Å². The van der Waals surface area contributed by atoms with Gasteiger partial charge < -0.3 is 19.3 Å². The van der Waals surface area contributed by atoms with Crippen molar-refractivity contribution in [3.8, 4) is 0 Å². The lowest BCUT2D eigenvalue weighted by Crippen LogP contribution is -2.45. The fraction of sp³-hybridized carbons (Fsp3) is 1.00. The highest BCUT2D eigenvalue weighted by atomic mass is 16.7. The highest BCUT2D eigenvalue weighted by Crippen LogP contribution is 2.20. The average molecular weight is 204 g/mol. The van der Waals surface area contributed by atoms with E-state index in [1.165, 1.54) is 0 Å². The van der Waals surface area contributed by atoms with Crippen molar-refractivity contribution in [3.05, 3.63) is 0 Å². The molecule has 0 bridgehead atoms. The Morgan fingerprint density at radius 1 is 1.57 bits per heavy atom. The first-order valence-electron chi connectivity index (χ1n) is 5.09.